The van der Waals surface area contributed by atoms with Crippen LogP contribution in [0.2, 0.25) is 0 Å². The Morgan fingerprint density at radius 3 is 2.74 bits per heavy atom. The molecule has 102 valence electrons. The van der Waals surface area contributed by atoms with Gasteiger partial charge in [0.15, 0.2) is 5.82 Å². The molecule has 2 rings (SSSR count). The van der Waals surface area contributed by atoms with Crippen molar-refractivity contribution in [3.8, 4) is 5.75 Å². The number of rotatable bonds is 5. The molecule has 0 fully saturated rings. The van der Waals surface area contributed by atoms with Gasteiger partial charge in [0.1, 0.15) is 18.1 Å². The highest BCUT2D eigenvalue weighted by Crippen LogP contribution is 2.19. The molecule has 2 aromatic rings. The van der Waals surface area contributed by atoms with Crippen LogP contribution >= 0.6 is 11.5 Å². The molecular formula is C12H16N4O2S. The predicted molar refractivity (Wildman–Crippen MR) is 73.5 cm³/mol. The summed E-state index contributed by atoms with van der Waals surface area (Å²) in [6, 6.07) is 3.64. The van der Waals surface area contributed by atoms with Gasteiger partial charge in [-0.15, -0.1) is 0 Å². The van der Waals surface area contributed by atoms with E-state index in [0.717, 1.165) is 10.8 Å². The Kier molecular flexibility index (Phi) is 4.28. The van der Waals surface area contributed by atoms with Crippen LogP contribution in [0.15, 0.2) is 12.1 Å². The lowest BCUT2D eigenvalue weighted by molar-refractivity contribution is 0.250. The van der Waals surface area contributed by atoms with Crippen molar-refractivity contribution in [1.82, 2.24) is 14.3 Å². The van der Waals surface area contributed by atoms with Crippen LogP contribution in [0.25, 0.3) is 0 Å². The minimum Gasteiger partial charge on any atom is -0.484 e. The second-order valence-corrected chi connectivity index (χ2v) is 4.96. The molecule has 0 amide bonds. The molecule has 2 aromatic heterocycles. The van der Waals surface area contributed by atoms with Crippen LogP contribution in [0.4, 0.5) is 5.13 Å². The molecule has 0 bridgehead atoms. The number of hydrogen-bond acceptors (Lipinski definition) is 7. The van der Waals surface area contributed by atoms with Crippen LogP contribution in [0, 0.1) is 6.92 Å². The van der Waals surface area contributed by atoms with Crippen molar-refractivity contribution in [2.45, 2.75) is 20.1 Å². The molecule has 6 nitrogen and oxygen atoms in total. The highest BCUT2D eigenvalue weighted by Gasteiger charge is 2.09. The molecule has 0 aliphatic heterocycles. The van der Waals surface area contributed by atoms with Crippen LogP contribution in [0.3, 0.4) is 0 Å². The molecule has 0 saturated carbocycles. The van der Waals surface area contributed by atoms with Crippen LogP contribution in [0.5, 0.6) is 5.75 Å². The van der Waals surface area contributed by atoms with Crippen molar-refractivity contribution in [2.75, 3.05) is 19.0 Å². The second kappa shape index (κ2) is 5.94. The quantitative estimate of drug-likeness (QED) is 0.892. The monoisotopic (exact) mass is 280 g/mol. The summed E-state index contributed by atoms with van der Waals surface area (Å²) in [5, 5.41) is 10.1. The van der Waals surface area contributed by atoms with Gasteiger partial charge in [-0.1, -0.05) is 0 Å². The number of anilines is 1. The maximum absolute atomic E-state index is 9.24. The van der Waals surface area contributed by atoms with E-state index in [2.05, 4.69) is 14.3 Å². The minimum absolute atomic E-state index is 0.148. The molecule has 0 radical (unpaired) electrons. The van der Waals surface area contributed by atoms with Gasteiger partial charge in [-0.2, -0.15) is 9.36 Å². The van der Waals surface area contributed by atoms with Gasteiger partial charge in [-0.3, -0.25) is 4.98 Å². The van der Waals surface area contributed by atoms with E-state index in [1.807, 2.05) is 32.0 Å². The average molecular weight is 280 g/mol. The van der Waals surface area contributed by atoms with Gasteiger partial charge in [-0.05, 0) is 19.1 Å². The van der Waals surface area contributed by atoms with Gasteiger partial charge in [-0.25, -0.2) is 0 Å². The van der Waals surface area contributed by atoms with E-state index in [9.17, 15) is 5.11 Å². The number of pyridine rings is 1. The first-order chi connectivity index (χ1) is 9.10. The molecule has 1 N–H and O–H groups in total. The molecule has 0 aliphatic carbocycles. The fourth-order valence-electron chi connectivity index (χ4n) is 1.47. The van der Waals surface area contributed by atoms with Gasteiger partial charge >= 0.3 is 0 Å². The van der Waals surface area contributed by atoms with Gasteiger partial charge in [0.2, 0.25) is 5.13 Å². The van der Waals surface area contributed by atoms with Crippen molar-refractivity contribution in [1.29, 1.82) is 0 Å². The first-order valence-corrected chi connectivity index (χ1v) is 6.57. The molecule has 0 atom stereocenters. The average Bonchev–Trinajstić information content (AvgIpc) is 2.86. The molecule has 7 heteroatoms. The number of hydrogen-bond donors (Lipinski definition) is 1. The topological polar surface area (TPSA) is 71.4 Å². The van der Waals surface area contributed by atoms with Crippen LogP contribution in [-0.4, -0.2) is 33.5 Å². The number of aryl methyl sites for hydroxylation is 1. The van der Waals surface area contributed by atoms with E-state index in [1.54, 1.807) is 6.07 Å². The number of aliphatic hydroxyl groups excluding tert-OH is 1. The molecule has 0 unspecified atom stereocenters. The predicted octanol–water partition coefficient (Wildman–Crippen LogP) is 1.38. The van der Waals surface area contributed by atoms with Crippen molar-refractivity contribution in [3.05, 3.63) is 29.3 Å². The number of aliphatic hydroxyl groups is 1. The van der Waals surface area contributed by atoms with Gasteiger partial charge < -0.3 is 14.7 Å². The Bertz CT molecular complexity index is 556. The largest absolute Gasteiger partial charge is 0.484 e. The Balaban J connectivity index is 2.05. The summed E-state index contributed by atoms with van der Waals surface area (Å²) in [5.41, 5.74) is 1.38. The number of aromatic nitrogens is 3. The molecule has 19 heavy (non-hydrogen) atoms. The zero-order valence-electron chi connectivity index (χ0n) is 11.1. The smallest absolute Gasteiger partial charge is 0.204 e. The van der Waals surface area contributed by atoms with E-state index in [1.165, 1.54) is 11.5 Å². The van der Waals surface area contributed by atoms with Crippen LogP contribution in [-0.2, 0) is 13.2 Å². The molecular weight excluding hydrogens is 264 g/mol. The summed E-state index contributed by atoms with van der Waals surface area (Å²) in [6.45, 7) is 1.99. The summed E-state index contributed by atoms with van der Waals surface area (Å²) >= 11 is 1.32. The Labute approximate surface area is 115 Å². The first kappa shape index (κ1) is 13.7. The normalized spacial score (nSPS) is 10.5. The second-order valence-electron chi connectivity index (χ2n) is 4.23. The van der Waals surface area contributed by atoms with E-state index in [-0.39, 0.29) is 13.2 Å². The summed E-state index contributed by atoms with van der Waals surface area (Å²) in [4.78, 5) is 10.4. The third-order valence-corrected chi connectivity index (χ3v) is 3.34. The van der Waals surface area contributed by atoms with Crippen molar-refractivity contribution in [3.63, 3.8) is 0 Å². The lowest BCUT2D eigenvalue weighted by Gasteiger charge is -2.08. The molecule has 0 aliphatic rings. The third kappa shape index (κ3) is 3.39. The Morgan fingerprint density at radius 2 is 2.11 bits per heavy atom. The molecule has 0 spiro atoms. The van der Waals surface area contributed by atoms with Crippen molar-refractivity contribution < 1.29 is 9.84 Å². The van der Waals surface area contributed by atoms with Crippen molar-refractivity contribution >= 4 is 16.7 Å². The maximum Gasteiger partial charge on any atom is 0.204 e. The number of nitrogens with zero attached hydrogens (tertiary/aromatic N) is 4. The maximum atomic E-state index is 9.24. The SMILES string of the molecule is Cc1ccc(OCc2nsc(N(C)C)n2)c(CO)n1. The molecule has 0 aromatic carbocycles. The van der Waals surface area contributed by atoms with E-state index in [0.29, 0.717) is 17.3 Å². The first-order valence-electron chi connectivity index (χ1n) is 5.80. The zero-order chi connectivity index (χ0) is 13.8. The van der Waals surface area contributed by atoms with Crippen LogP contribution < -0.4 is 9.64 Å². The van der Waals surface area contributed by atoms with E-state index in [4.69, 9.17) is 4.74 Å². The third-order valence-electron chi connectivity index (χ3n) is 2.42. The number of ether oxygens (including phenoxy) is 1. The lowest BCUT2D eigenvalue weighted by Crippen LogP contribution is -2.08. The van der Waals surface area contributed by atoms with E-state index >= 15 is 0 Å². The van der Waals surface area contributed by atoms with E-state index < -0.39 is 0 Å². The lowest BCUT2D eigenvalue weighted by atomic mass is 10.3. The standard InChI is InChI=1S/C12H16N4O2S/c1-8-4-5-10(9(6-17)13-8)18-7-11-14-12(16(2)3)19-15-11/h4-5,17H,6-7H2,1-3H3. The summed E-state index contributed by atoms with van der Waals surface area (Å²) < 4.78 is 9.81. The Morgan fingerprint density at radius 1 is 1.32 bits per heavy atom. The fraction of sp³-hybridized carbons (Fsp3) is 0.417. The highest BCUT2D eigenvalue weighted by molar-refractivity contribution is 7.09. The molecule has 0 saturated heterocycles. The van der Waals surface area contributed by atoms with Gasteiger partial charge in [0, 0.05) is 31.3 Å². The highest BCUT2D eigenvalue weighted by atomic mass is 32.1. The minimum atomic E-state index is -0.148. The van der Waals surface area contributed by atoms with Gasteiger partial charge in [0.25, 0.3) is 0 Å². The van der Waals surface area contributed by atoms with Crippen molar-refractivity contribution in [2.24, 2.45) is 0 Å². The van der Waals surface area contributed by atoms with Crippen LogP contribution in [0.1, 0.15) is 17.2 Å². The summed E-state index contributed by atoms with van der Waals surface area (Å²) in [7, 11) is 3.83. The van der Waals surface area contributed by atoms with Gasteiger partial charge in [0.05, 0.1) is 6.61 Å². The summed E-state index contributed by atoms with van der Waals surface area (Å²) in [5.74, 6) is 1.19. The molecule has 2 heterocycles. The zero-order valence-corrected chi connectivity index (χ0v) is 11.9. The summed E-state index contributed by atoms with van der Waals surface area (Å²) in [6.07, 6.45) is 0. The fourth-order valence-corrected chi connectivity index (χ4v) is 2.06. The Hall–Kier alpha value is -1.73.